The Hall–Kier alpha value is -2.26. The summed E-state index contributed by atoms with van der Waals surface area (Å²) in [5, 5.41) is 10.4. The average molecular weight is 503 g/mol. The van der Waals surface area contributed by atoms with Gasteiger partial charge in [-0.05, 0) is 50.3 Å². The predicted octanol–water partition coefficient (Wildman–Crippen LogP) is 4.01. The maximum absolute atomic E-state index is 9.28. The molecule has 3 aromatic rings. The van der Waals surface area contributed by atoms with Crippen molar-refractivity contribution in [3.05, 3.63) is 46.2 Å². The first-order valence-electron chi connectivity index (χ1n) is 11.7. The smallest absolute Gasteiger partial charge is 0.247 e. The van der Waals surface area contributed by atoms with Crippen LogP contribution in [0.1, 0.15) is 31.4 Å². The van der Waals surface area contributed by atoms with Crippen LogP contribution in [0.4, 0.5) is 5.95 Å². The number of anilines is 1. The fourth-order valence-electron chi connectivity index (χ4n) is 4.91. The third-order valence-corrected chi connectivity index (χ3v) is 7.36. The lowest BCUT2D eigenvalue weighted by molar-refractivity contribution is 0.101. The Balaban J connectivity index is 1.33. The second-order valence-corrected chi connectivity index (χ2v) is 9.92. The molecule has 8 nitrogen and oxygen atoms in total. The maximum atomic E-state index is 9.28. The first-order valence-corrected chi connectivity index (χ1v) is 12.5. The van der Waals surface area contributed by atoms with Crippen LogP contribution in [0.25, 0.3) is 11.2 Å². The summed E-state index contributed by atoms with van der Waals surface area (Å²) in [7, 11) is 0. The highest BCUT2D eigenvalue weighted by atomic mass is 35.5. The van der Waals surface area contributed by atoms with Crippen LogP contribution < -0.4 is 9.64 Å². The number of fused-ring (bicyclic) bond motifs is 1. The minimum Gasteiger partial charge on any atom is -0.468 e. The third-order valence-electron chi connectivity index (χ3n) is 6.80. The minimum atomic E-state index is -0.360. The van der Waals surface area contributed by atoms with Gasteiger partial charge in [0.1, 0.15) is 6.10 Å². The van der Waals surface area contributed by atoms with E-state index in [1.807, 2.05) is 13.0 Å². The van der Waals surface area contributed by atoms with Crippen LogP contribution in [0.15, 0.2) is 30.6 Å². The van der Waals surface area contributed by atoms with Crippen molar-refractivity contribution in [3.63, 3.8) is 0 Å². The number of piperidine rings is 1. The van der Waals surface area contributed by atoms with Gasteiger partial charge in [-0.15, -0.1) is 0 Å². The largest absolute Gasteiger partial charge is 0.468 e. The molecule has 2 aromatic heterocycles. The Morgan fingerprint density at radius 1 is 1.12 bits per heavy atom. The third kappa shape index (κ3) is 4.91. The molecule has 2 aliphatic heterocycles. The van der Waals surface area contributed by atoms with E-state index in [2.05, 4.69) is 24.8 Å². The molecule has 1 N–H and O–H groups in total. The number of β-amino-alcohol motifs (C(OH)–C–C–N with tert-alkyl or cyclic N) is 1. The van der Waals surface area contributed by atoms with Crippen molar-refractivity contribution < 1.29 is 9.84 Å². The van der Waals surface area contributed by atoms with E-state index in [1.54, 1.807) is 24.5 Å². The Labute approximate surface area is 208 Å². The van der Waals surface area contributed by atoms with E-state index in [1.165, 1.54) is 12.8 Å². The summed E-state index contributed by atoms with van der Waals surface area (Å²) in [5.41, 5.74) is 1.84. The van der Waals surface area contributed by atoms with E-state index < -0.39 is 0 Å². The zero-order valence-electron chi connectivity index (χ0n) is 19.1. The van der Waals surface area contributed by atoms with Gasteiger partial charge in [-0.3, -0.25) is 0 Å². The van der Waals surface area contributed by atoms with Gasteiger partial charge in [0, 0.05) is 54.2 Å². The summed E-state index contributed by atoms with van der Waals surface area (Å²) in [6.07, 6.45) is 5.30. The van der Waals surface area contributed by atoms with E-state index in [0.29, 0.717) is 44.9 Å². The number of aliphatic hydroxyl groups is 1. The Kier molecular flexibility index (Phi) is 7.01. The maximum Gasteiger partial charge on any atom is 0.247 e. The second-order valence-electron chi connectivity index (χ2n) is 9.07. The summed E-state index contributed by atoms with van der Waals surface area (Å²) in [6, 6.07) is 5.35. The summed E-state index contributed by atoms with van der Waals surface area (Å²) in [6.45, 7) is 6.84. The van der Waals surface area contributed by atoms with Crippen LogP contribution in [0, 0.1) is 11.8 Å². The highest BCUT2D eigenvalue weighted by molar-refractivity contribution is 6.35. The first-order chi connectivity index (χ1) is 16.5. The molecule has 0 amide bonds. The molecule has 34 heavy (non-hydrogen) atoms. The van der Waals surface area contributed by atoms with Gasteiger partial charge in [0.25, 0.3) is 0 Å². The number of hydrogen-bond donors (Lipinski definition) is 1. The zero-order chi connectivity index (χ0) is 23.7. The summed E-state index contributed by atoms with van der Waals surface area (Å²) in [4.78, 5) is 22.8. The molecule has 2 saturated heterocycles. The number of benzene rings is 1. The van der Waals surface area contributed by atoms with E-state index in [0.717, 1.165) is 38.3 Å². The van der Waals surface area contributed by atoms with Gasteiger partial charge in [0.15, 0.2) is 11.2 Å². The molecule has 1 aromatic carbocycles. The molecule has 180 valence electrons. The number of halogens is 2. The van der Waals surface area contributed by atoms with Gasteiger partial charge >= 0.3 is 0 Å². The molecule has 10 heteroatoms. The van der Waals surface area contributed by atoms with E-state index in [-0.39, 0.29) is 12.7 Å². The van der Waals surface area contributed by atoms with Crippen molar-refractivity contribution in [2.45, 2.75) is 25.9 Å². The average Bonchev–Trinajstić information content (AvgIpc) is 2.78. The minimum absolute atomic E-state index is 0.220. The number of ether oxygens (including phenoxy) is 1. The van der Waals surface area contributed by atoms with Gasteiger partial charge < -0.3 is 19.6 Å². The van der Waals surface area contributed by atoms with Gasteiger partial charge in [-0.25, -0.2) is 9.97 Å². The molecule has 0 spiro atoms. The van der Waals surface area contributed by atoms with Crippen LogP contribution in [-0.2, 0) is 0 Å². The molecular formula is C24H28Cl2N6O2. The van der Waals surface area contributed by atoms with Crippen molar-refractivity contribution in [2.75, 3.05) is 44.2 Å². The normalized spacial score (nSPS) is 20.4. The van der Waals surface area contributed by atoms with Gasteiger partial charge in [0.05, 0.1) is 6.61 Å². The lowest BCUT2D eigenvalue weighted by Gasteiger charge is -2.46. The summed E-state index contributed by atoms with van der Waals surface area (Å²) >= 11 is 12.4. The van der Waals surface area contributed by atoms with Crippen molar-refractivity contribution in [1.29, 1.82) is 0 Å². The van der Waals surface area contributed by atoms with Crippen LogP contribution >= 0.6 is 23.2 Å². The van der Waals surface area contributed by atoms with E-state index in [4.69, 9.17) is 32.9 Å². The first kappa shape index (κ1) is 23.5. The standard InChI is InChI=1S/C24H28Cl2N6O2/c1-15(19-5-4-18(25)11-20(19)26)34-23-21-22(28-7-6-27-21)29-24(30-23)32-13-17(14-32)16-3-2-8-31(12-16)9-10-33/h4-7,11,15-17,33H,2-3,8-10,12-14H2,1H3/t15-,16+/m1/s1. The number of hydrogen-bond acceptors (Lipinski definition) is 8. The molecule has 4 heterocycles. The number of aromatic nitrogens is 4. The lowest BCUT2D eigenvalue weighted by Crippen LogP contribution is -2.54. The van der Waals surface area contributed by atoms with Gasteiger partial charge in [-0.2, -0.15) is 9.97 Å². The molecule has 0 unspecified atom stereocenters. The second kappa shape index (κ2) is 10.2. The highest BCUT2D eigenvalue weighted by Gasteiger charge is 2.37. The topological polar surface area (TPSA) is 87.5 Å². The Bertz CT molecular complexity index is 1160. The van der Waals surface area contributed by atoms with Crippen LogP contribution in [-0.4, -0.2) is 69.3 Å². The summed E-state index contributed by atoms with van der Waals surface area (Å²) in [5.74, 6) is 2.23. The number of aliphatic hydroxyl groups excluding tert-OH is 1. The molecular weight excluding hydrogens is 475 g/mol. The SMILES string of the molecule is C[C@@H](Oc1nc(N2CC([C@H]3CCCN(CCO)C3)C2)nc2nccnc12)c1ccc(Cl)cc1Cl. The van der Waals surface area contributed by atoms with Crippen molar-refractivity contribution >= 4 is 40.3 Å². The van der Waals surface area contributed by atoms with Crippen molar-refractivity contribution in [1.82, 2.24) is 24.8 Å². The van der Waals surface area contributed by atoms with Crippen LogP contribution in [0.5, 0.6) is 5.88 Å². The Morgan fingerprint density at radius 3 is 2.74 bits per heavy atom. The van der Waals surface area contributed by atoms with Crippen molar-refractivity contribution in [3.8, 4) is 5.88 Å². The number of likely N-dealkylation sites (tertiary alicyclic amines) is 1. The molecule has 0 aliphatic carbocycles. The van der Waals surface area contributed by atoms with Crippen molar-refractivity contribution in [2.24, 2.45) is 11.8 Å². The lowest BCUT2D eigenvalue weighted by atomic mass is 9.81. The molecule has 2 aliphatic rings. The van der Waals surface area contributed by atoms with Gasteiger partial charge in [0.2, 0.25) is 11.8 Å². The van der Waals surface area contributed by atoms with E-state index >= 15 is 0 Å². The number of nitrogens with zero attached hydrogens (tertiary/aromatic N) is 6. The Morgan fingerprint density at radius 2 is 1.94 bits per heavy atom. The molecule has 2 atom stereocenters. The molecule has 0 radical (unpaired) electrons. The predicted molar refractivity (Wildman–Crippen MR) is 133 cm³/mol. The quantitative estimate of drug-likeness (QED) is 0.518. The fourth-order valence-corrected chi connectivity index (χ4v) is 5.47. The fraction of sp³-hybridized carbons (Fsp3) is 0.500. The van der Waals surface area contributed by atoms with Crippen LogP contribution in [0.2, 0.25) is 10.0 Å². The van der Waals surface area contributed by atoms with E-state index in [9.17, 15) is 5.11 Å². The number of rotatable bonds is 7. The molecule has 2 fully saturated rings. The summed E-state index contributed by atoms with van der Waals surface area (Å²) < 4.78 is 6.24. The molecule has 0 saturated carbocycles. The highest BCUT2D eigenvalue weighted by Crippen LogP contribution is 2.35. The monoisotopic (exact) mass is 502 g/mol. The van der Waals surface area contributed by atoms with Gasteiger partial charge in [-0.1, -0.05) is 29.3 Å². The molecule has 5 rings (SSSR count). The molecule has 0 bridgehead atoms. The zero-order valence-corrected chi connectivity index (χ0v) is 20.6. The van der Waals surface area contributed by atoms with Crippen LogP contribution in [0.3, 0.4) is 0 Å².